The molecule has 2 aromatic rings. The average molecular weight is 256 g/mol. The Morgan fingerprint density at radius 2 is 1.79 bits per heavy atom. The van der Waals surface area contributed by atoms with Crippen molar-refractivity contribution in [3.8, 4) is 0 Å². The number of rotatable bonds is 6. The maximum Gasteiger partial charge on any atom is 0.0584 e. The summed E-state index contributed by atoms with van der Waals surface area (Å²) in [5.74, 6) is 0. The number of aliphatic hydroxyl groups excluding tert-OH is 1. The SMILES string of the molecule is C[C@H](CO)N(Cc1ccccc1)Cc1ccccn1. The zero-order valence-corrected chi connectivity index (χ0v) is 11.2. The van der Waals surface area contributed by atoms with Crippen molar-refractivity contribution in [1.82, 2.24) is 9.88 Å². The minimum Gasteiger partial charge on any atom is -0.395 e. The Kier molecular flexibility index (Phi) is 5.07. The molecule has 1 atom stereocenters. The van der Waals surface area contributed by atoms with Crippen LogP contribution in [-0.4, -0.2) is 27.6 Å². The standard InChI is InChI=1S/C16H20N2O/c1-14(13-19)18(11-15-7-3-2-4-8-15)12-16-9-5-6-10-17-16/h2-10,14,19H,11-13H2,1H3/t14-/m1/s1. The molecule has 1 N–H and O–H groups in total. The first-order valence-corrected chi connectivity index (χ1v) is 6.58. The van der Waals surface area contributed by atoms with E-state index in [-0.39, 0.29) is 12.6 Å². The second kappa shape index (κ2) is 7.02. The number of hydrogen-bond acceptors (Lipinski definition) is 3. The van der Waals surface area contributed by atoms with Crippen LogP contribution in [0.15, 0.2) is 54.7 Å². The van der Waals surface area contributed by atoms with Gasteiger partial charge in [-0.3, -0.25) is 9.88 Å². The quantitative estimate of drug-likeness (QED) is 0.862. The molecule has 0 radical (unpaired) electrons. The molecule has 0 bridgehead atoms. The first kappa shape index (κ1) is 13.7. The fraction of sp³-hybridized carbons (Fsp3) is 0.312. The highest BCUT2D eigenvalue weighted by Gasteiger charge is 2.14. The van der Waals surface area contributed by atoms with Gasteiger partial charge in [-0.1, -0.05) is 36.4 Å². The van der Waals surface area contributed by atoms with Gasteiger partial charge in [0.05, 0.1) is 12.3 Å². The molecule has 3 nitrogen and oxygen atoms in total. The molecule has 2 rings (SSSR count). The highest BCUT2D eigenvalue weighted by molar-refractivity contribution is 5.15. The van der Waals surface area contributed by atoms with Crippen LogP contribution < -0.4 is 0 Å². The Balaban J connectivity index is 2.08. The van der Waals surface area contributed by atoms with Gasteiger partial charge in [-0.25, -0.2) is 0 Å². The second-order valence-electron chi connectivity index (χ2n) is 4.74. The molecule has 0 amide bonds. The molecular formula is C16H20N2O. The van der Waals surface area contributed by atoms with Crippen molar-refractivity contribution in [2.45, 2.75) is 26.1 Å². The van der Waals surface area contributed by atoms with Crippen LogP contribution in [0.1, 0.15) is 18.2 Å². The monoisotopic (exact) mass is 256 g/mol. The third kappa shape index (κ3) is 4.16. The molecule has 1 heterocycles. The van der Waals surface area contributed by atoms with Gasteiger partial charge in [0.2, 0.25) is 0 Å². The van der Waals surface area contributed by atoms with Crippen molar-refractivity contribution in [3.05, 3.63) is 66.0 Å². The minimum absolute atomic E-state index is 0.113. The van der Waals surface area contributed by atoms with Crippen molar-refractivity contribution in [1.29, 1.82) is 0 Å². The van der Waals surface area contributed by atoms with Gasteiger partial charge in [0, 0.05) is 25.3 Å². The van der Waals surface area contributed by atoms with Crippen molar-refractivity contribution in [3.63, 3.8) is 0 Å². The first-order valence-electron chi connectivity index (χ1n) is 6.58. The molecule has 0 aliphatic rings. The lowest BCUT2D eigenvalue weighted by Crippen LogP contribution is -2.34. The van der Waals surface area contributed by atoms with Crippen LogP contribution in [-0.2, 0) is 13.1 Å². The van der Waals surface area contributed by atoms with Gasteiger partial charge in [-0.2, -0.15) is 0 Å². The van der Waals surface area contributed by atoms with Crippen molar-refractivity contribution < 1.29 is 5.11 Å². The Bertz CT molecular complexity index is 431. The predicted octanol–water partition coefficient (Wildman–Crippen LogP) is 2.46. The molecule has 0 aliphatic carbocycles. The Morgan fingerprint density at radius 1 is 1.05 bits per heavy atom. The summed E-state index contributed by atoms with van der Waals surface area (Å²) in [6, 6.07) is 16.3. The van der Waals surface area contributed by atoms with E-state index in [0.717, 1.165) is 18.8 Å². The molecule has 1 aromatic carbocycles. The van der Waals surface area contributed by atoms with Gasteiger partial charge < -0.3 is 5.11 Å². The molecule has 0 saturated heterocycles. The fourth-order valence-corrected chi connectivity index (χ4v) is 2.00. The maximum absolute atomic E-state index is 9.40. The zero-order chi connectivity index (χ0) is 13.5. The molecule has 0 aliphatic heterocycles. The summed E-state index contributed by atoms with van der Waals surface area (Å²) in [6.07, 6.45) is 1.81. The summed E-state index contributed by atoms with van der Waals surface area (Å²) >= 11 is 0. The number of aliphatic hydroxyl groups is 1. The summed E-state index contributed by atoms with van der Waals surface area (Å²) < 4.78 is 0. The second-order valence-corrected chi connectivity index (χ2v) is 4.74. The van der Waals surface area contributed by atoms with Gasteiger partial charge in [0.25, 0.3) is 0 Å². The normalized spacial score (nSPS) is 12.6. The topological polar surface area (TPSA) is 36.4 Å². The minimum atomic E-state index is 0.113. The highest BCUT2D eigenvalue weighted by Crippen LogP contribution is 2.11. The molecule has 0 saturated carbocycles. The predicted molar refractivity (Wildman–Crippen MR) is 76.5 cm³/mol. The summed E-state index contributed by atoms with van der Waals surface area (Å²) in [4.78, 5) is 6.59. The van der Waals surface area contributed by atoms with Crippen LogP contribution in [0.3, 0.4) is 0 Å². The molecule has 1 aromatic heterocycles. The van der Waals surface area contributed by atoms with E-state index in [9.17, 15) is 5.11 Å². The van der Waals surface area contributed by atoms with E-state index in [2.05, 4.69) is 22.0 Å². The zero-order valence-electron chi connectivity index (χ0n) is 11.2. The van der Waals surface area contributed by atoms with Gasteiger partial charge in [-0.05, 0) is 24.6 Å². The van der Waals surface area contributed by atoms with E-state index < -0.39 is 0 Å². The number of benzene rings is 1. The summed E-state index contributed by atoms with van der Waals surface area (Å²) in [5, 5.41) is 9.40. The van der Waals surface area contributed by atoms with Gasteiger partial charge in [0.1, 0.15) is 0 Å². The highest BCUT2D eigenvalue weighted by atomic mass is 16.3. The van der Waals surface area contributed by atoms with E-state index in [1.165, 1.54) is 5.56 Å². The number of pyridine rings is 1. The Hall–Kier alpha value is -1.71. The van der Waals surface area contributed by atoms with E-state index in [1.807, 2.05) is 43.3 Å². The van der Waals surface area contributed by atoms with Gasteiger partial charge >= 0.3 is 0 Å². The summed E-state index contributed by atoms with van der Waals surface area (Å²) in [7, 11) is 0. The smallest absolute Gasteiger partial charge is 0.0584 e. The average Bonchev–Trinajstić information content (AvgIpc) is 2.48. The van der Waals surface area contributed by atoms with E-state index in [1.54, 1.807) is 6.20 Å². The summed E-state index contributed by atoms with van der Waals surface area (Å²) in [6.45, 7) is 3.75. The van der Waals surface area contributed by atoms with Gasteiger partial charge in [-0.15, -0.1) is 0 Å². The molecule has 3 heteroatoms. The molecular weight excluding hydrogens is 236 g/mol. The molecule has 0 fully saturated rings. The van der Waals surface area contributed by atoms with E-state index in [4.69, 9.17) is 0 Å². The van der Waals surface area contributed by atoms with Crippen molar-refractivity contribution in [2.24, 2.45) is 0 Å². The summed E-state index contributed by atoms with van der Waals surface area (Å²) in [5.41, 5.74) is 2.28. The first-order chi connectivity index (χ1) is 9.29. The van der Waals surface area contributed by atoms with Crippen LogP contribution in [0.5, 0.6) is 0 Å². The van der Waals surface area contributed by atoms with Crippen LogP contribution in [0, 0.1) is 0 Å². The lowest BCUT2D eigenvalue weighted by molar-refractivity contribution is 0.120. The molecule has 100 valence electrons. The molecule has 0 spiro atoms. The van der Waals surface area contributed by atoms with Crippen LogP contribution in [0.25, 0.3) is 0 Å². The van der Waals surface area contributed by atoms with Gasteiger partial charge in [0.15, 0.2) is 0 Å². The third-order valence-electron chi connectivity index (χ3n) is 3.21. The van der Waals surface area contributed by atoms with Crippen LogP contribution >= 0.6 is 0 Å². The van der Waals surface area contributed by atoms with E-state index >= 15 is 0 Å². The van der Waals surface area contributed by atoms with E-state index in [0.29, 0.717) is 0 Å². The Labute approximate surface area is 114 Å². The van der Waals surface area contributed by atoms with Crippen molar-refractivity contribution in [2.75, 3.05) is 6.61 Å². The Morgan fingerprint density at radius 3 is 2.42 bits per heavy atom. The fourth-order valence-electron chi connectivity index (χ4n) is 2.00. The lowest BCUT2D eigenvalue weighted by atomic mass is 10.1. The van der Waals surface area contributed by atoms with Crippen molar-refractivity contribution >= 4 is 0 Å². The number of aromatic nitrogens is 1. The third-order valence-corrected chi connectivity index (χ3v) is 3.21. The lowest BCUT2D eigenvalue weighted by Gasteiger charge is -2.27. The largest absolute Gasteiger partial charge is 0.395 e. The molecule has 0 unspecified atom stereocenters. The number of hydrogen-bond donors (Lipinski definition) is 1. The van der Waals surface area contributed by atoms with Crippen LogP contribution in [0.2, 0.25) is 0 Å². The maximum atomic E-state index is 9.40. The molecule has 19 heavy (non-hydrogen) atoms. The van der Waals surface area contributed by atoms with Crippen LogP contribution in [0.4, 0.5) is 0 Å². The number of nitrogens with zero attached hydrogens (tertiary/aromatic N) is 2.